The molecule has 0 aliphatic heterocycles. The van der Waals surface area contributed by atoms with Gasteiger partial charge in [-0.1, -0.05) is 24.3 Å². The molecule has 2 aromatic rings. The van der Waals surface area contributed by atoms with Crippen molar-refractivity contribution in [1.29, 1.82) is 0 Å². The van der Waals surface area contributed by atoms with Crippen LogP contribution in [0.15, 0.2) is 43.0 Å². The molecule has 0 aliphatic carbocycles. The van der Waals surface area contributed by atoms with Gasteiger partial charge in [0, 0.05) is 11.9 Å². The maximum absolute atomic E-state index is 10.9. The number of hydrogen-bond donors (Lipinski definition) is 1. The summed E-state index contributed by atoms with van der Waals surface area (Å²) in [5.41, 5.74) is 1.44. The molecule has 0 amide bonds. The number of carbonyl (C=O) groups is 1. The summed E-state index contributed by atoms with van der Waals surface area (Å²) in [5.74, 6) is 0.605. The fraction of sp³-hybridized carbons (Fsp3) is 0.0769. The van der Waals surface area contributed by atoms with Crippen LogP contribution in [0.3, 0.4) is 0 Å². The van der Waals surface area contributed by atoms with Gasteiger partial charge in [0.1, 0.15) is 5.82 Å². The van der Waals surface area contributed by atoms with E-state index in [9.17, 15) is 4.79 Å². The Morgan fingerprint density at radius 2 is 2.19 bits per heavy atom. The van der Waals surface area contributed by atoms with Crippen molar-refractivity contribution in [2.24, 2.45) is 0 Å². The first-order chi connectivity index (χ1) is 7.85. The number of nitrogens with zero attached hydrogens (tertiary/aromatic N) is 1. The Hall–Kier alpha value is -2.16. The molecule has 3 nitrogen and oxygen atoms in total. The van der Waals surface area contributed by atoms with E-state index in [4.69, 9.17) is 0 Å². The van der Waals surface area contributed by atoms with Crippen LogP contribution in [0.4, 0.5) is 5.82 Å². The lowest BCUT2D eigenvalue weighted by molar-refractivity contribution is 0.112. The molecule has 0 saturated heterocycles. The fourth-order valence-corrected chi connectivity index (χ4v) is 1.53. The Morgan fingerprint density at radius 3 is 2.94 bits per heavy atom. The first-order valence-electron chi connectivity index (χ1n) is 5.05. The molecule has 0 aliphatic rings. The Morgan fingerprint density at radius 1 is 1.38 bits per heavy atom. The molecule has 0 bridgehead atoms. The molecule has 1 heterocycles. The number of hydrogen-bond acceptors (Lipinski definition) is 3. The summed E-state index contributed by atoms with van der Waals surface area (Å²) in [5, 5.41) is 4.01. The number of fused-ring (bicyclic) bond motifs is 1. The highest BCUT2D eigenvalue weighted by Gasteiger charge is 2.04. The van der Waals surface area contributed by atoms with E-state index in [1.54, 1.807) is 6.08 Å². The van der Waals surface area contributed by atoms with Gasteiger partial charge < -0.3 is 5.32 Å². The zero-order valence-corrected chi connectivity index (χ0v) is 8.81. The SMILES string of the molecule is C=CCNc1nc2ccccc2cc1C=O. The lowest BCUT2D eigenvalue weighted by Crippen LogP contribution is -2.03. The molecule has 0 fully saturated rings. The van der Waals surface area contributed by atoms with Crippen LogP contribution in [-0.4, -0.2) is 17.8 Å². The molecule has 0 unspecified atom stereocenters. The molecule has 1 N–H and O–H groups in total. The molecule has 0 atom stereocenters. The third kappa shape index (κ3) is 1.93. The summed E-state index contributed by atoms with van der Waals surface area (Å²) < 4.78 is 0. The Balaban J connectivity index is 2.53. The van der Waals surface area contributed by atoms with Gasteiger partial charge in [0.2, 0.25) is 0 Å². The van der Waals surface area contributed by atoms with E-state index in [0.717, 1.165) is 17.2 Å². The van der Waals surface area contributed by atoms with Crippen LogP contribution in [0, 0.1) is 0 Å². The quantitative estimate of drug-likeness (QED) is 0.625. The van der Waals surface area contributed by atoms with Gasteiger partial charge in [-0.15, -0.1) is 6.58 Å². The van der Waals surface area contributed by atoms with Crippen molar-refractivity contribution in [3.8, 4) is 0 Å². The van der Waals surface area contributed by atoms with Crippen LogP contribution in [-0.2, 0) is 0 Å². The number of aromatic nitrogens is 1. The average Bonchev–Trinajstić information content (AvgIpc) is 2.35. The minimum atomic E-state index is 0.570. The first-order valence-corrected chi connectivity index (χ1v) is 5.05. The number of aldehydes is 1. The molecular formula is C13H12N2O. The van der Waals surface area contributed by atoms with E-state index in [1.807, 2.05) is 30.3 Å². The van der Waals surface area contributed by atoms with Gasteiger partial charge in [-0.3, -0.25) is 4.79 Å². The predicted molar refractivity (Wildman–Crippen MR) is 65.8 cm³/mol. The molecule has 2 rings (SSSR count). The van der Waals surface area contributed by atoms with Crippen LogP contribution in [0.2, 0.25) is 0 Å². The van der Waals surface area contributed by atoms with Crippen molar-refractivity contribution in [3.05, 3.63) is 48.6 Å². The second-order valence-electron chi connectivity index (χ2n) is 3.41. The number of pyridine rings is 1. The third-order valence-corrected chi connectivity index (χ3v) is 2.29. The van der Waals surface area contributed by atoms with Gasteiger partial charge in [0.05, 0.1) is 11.1 Å². The van der Waals surface area contributed by atoms with Gasteiger partial charge in [-0.05, 0) is 12.1 Å². The fourth-order valence-electron chi connectivity index (χ4n) is 1.53. The second kappa shape index (κ2) is 4.57. The van der Waals surface area contributed by atoms with Crippen molar-refractivity contribution in [2.75, 3.05) is 11.9 Å². The minimum absolute atomic E-state index is 0.570. The van der Waals surface area contributed by atoms with E-state index < -0.39 is 0 Å². The zero-order chi connectivity index (χ0) is 11.4. The van der Waals surface area contributed by atoms with Crippen LogP contribution < -0.4 is 5.32 Å². The highest BCUT2D eigenvalue weighted by atomic mass is 16.1. The van der Waals surface area contributed by atoms with Crippen molar-refractivity contribution in [2.45, 2.75) is 0 Å². The largest absolute Gasteiger partial charge is 0.366 e. The number of carbonyl (C=O) groups excluding carboxylic acids is 1. The van der Waals surface area contributed by atoms with Crippen molar-refractivity contribution >= 4 is 23.0 Å². The number of nitrogens with one attached hydrogen (secondary N) is 1. The van der Waals surface area contributed by atoms with Crippen LogP contribution in [0.25, 0.3) is 10.9 Å². The normalized spacial score (nSPS) is 10.0. The topological polar surface area (TPSA) is 42.0 Å². The van der Waals surface area contributed by atoms with Gasteiger partial charge in [-0.2, -0.15) is 0 Å². The molecule has 0 saturated carbocycles. The van der Waals surface area contributed by atoms with E-state index in [1.165, 1.54) is 0 Å². The van der Waals surface area contributed by atoms with Gasteiger partial charge in [0.15, 0.2) is 6.29 Å². The highest BCUT2D eigenvalue weighted by Crippen LogP contribution is 2.18. The minimum Gasteiger partial charge on any atom is -0.366 e. The molecule has 1 aromatic carbocycles. The molecule has 0 spiro atoms. The second-order valence-corrected chi connectivity index (χ2v) is 3.41. The van der Waals surface area contributed by atoms with Gasteiger partial charge in [-0.25, -0.2) is 4.98 Å². The number of rotatable bonds is 4. The van der Waals surface area contributed by atoms with E-state index in [2.05, 4.69) is 16.9 Å². The van der Waals surface area contributed by atoms with Crippen LogP contribution in [0.5, 0.6) is 0 Å². The average molecular weight is 212 g/mol. The van der Waals surface area contributed by atoms with Crippen LogP contribution in [0.1, 0.15) is 10.4 Å². The van der Waals surface area contributed by atoms with Crippen molar-refractivity contribution < 1.29 is 4.79 Å². The molecule has 1 aromatic heterocycles. The Kier molecular flexibility index (Phi) is 2.96. The van der Waals surface area contributed by atoms with E-state index in [0.29, 0.717) is 17.9 Å². The van der Waals surface area contributed by atoms with E-state index >= 15 is 0 Å². The summed E-state index contributed by atoms with van der Waals surface area (Å²) in [4.78, 5) is 15.3. The maximum atomic E-state index is 10.9. The molecule has 16 heavy (non-hydrogen) atoms. The molecule has 3 heteroatoms. The highest BCUT2D eigenvalue weighted by molar-refractivity contribution is 5.91. The lowest BCUT2D eigenvalue weighted by Gasteiger charge is -2.07. The monoisotopic (exact) mass is 212 g/mol. The molecule has 0 radical (unpaired) electrons. The lowest BCUT2D eigenvalue weighted by atomic mass is 10.1. The summed E-state index contributed by atoms with van der Waals surface area (Å²) in [7, 11) is 0. The predicted octanol–water partition coefficient (Wildman–Crippen LogP) is 2.65. The van der Waals surface area contributed by atoms with Crippen molar-refractivity contribution in [3.63, 3.8) is 0 Å². The summed E-state index contributed by atoms with van der Waals surface area (Å²) in [6.07, 6.45) is 2.54. The molecule has 80 valence electrons. The van der Waals surface area contributed by atoms with Gasteiger partial charge in [0.25, 0.3) is 0 Å². The standard InChI is InChI=1S/C13H12N2O/c1-2-7-14-13-11(9-16)8-10-5-3-4-6-12(10)15-13/h2-6,8-9H,1,7H2,(H,14,15). The van der Waals surface area contributed by atoms with Crippen molar-refractivity contribution in [1.82, 2.24) is 4.98 Å². The summed E-state index contributed by atoms with van der Waals surface area (Å²) in [6.45, 7) is 4.20. The maximum Gasteiger partial charge on any atom is 0.153 e. The molecular weight excluding hydrogens is 200 g/mol. The first kappa shape index (κ1) is 10.4. The number of anilines is 1. The Labute approximate surface area is 93.8 Å². The van der Waals surface area contributed by atoms with Crippen LogP contribution >= 0.6 is 0 Å². The number of para-hydroxylation sites is 1. The van der Waals surface area contributed by atoms with Gasteiger partial charge >= 0.3 is 0 Å². The number of benzene rings is 1. The summed E-state index contributed by atoms with van der Waals surface area (Å²) >= 11 is 0. The van der Waals surface area contributed by atoms with E-state index in [-0.39, 0.29) is 0 Å². The summed E-state index contributed by atoms with van der Waals surface area (Å²) in [6, 6.07) is 9.54. The zero-order valence-electron chi connectivity index (χ0n) is 8.81. The Bertz CT molecular complexity index is 534. The third-order valence-electron chi connectivity index (χ3n) is 2.29. The smallest absolute Gasteiger partial charge is 0.153 e.